The number of fused-ring (bicyclic) bond motifs is 8. The van der Waals surface area contributed by atoms with Crippen LogP contribution in [0.15, 0.2) is 30.3 Å². The highest BCUT2D eigenvalue weighted by Gasteiger charge is 2.37. The molecule has 4 heterocycles. The summed E-state index contributed by atoms with van der Waals surface area (Å²) >= 11 is 0. The molecule has 0 amide bonds. The molecule has 2 aromatic rings. The molecule has 0 saturated carbocycles. The topological polar surface area (TPSA) is 34.7 Å². The minimum absolute atomic E-state index is 0.263. The highest BCUT2D eigenvalue weighted by atomic mass is 16.6. The Bertz CT molecular complexity index is 958. The standard InChI is InChI=1S/C23H28N4O2/c1-3-25-14-24(2)9-17-8-21(29-13-18-12-28-18)23-19(22(17)25)11-26-15-27(23)10-16-6-4-5-7-20(16)26/h4-8,18H,3,9-15H2,1-2H3. The van der Waals surface area contributed by atoms with Crippen molar-refractivity contribution in [2.75, 3.05) is 54.8 Å². The molecule has 2 bridgehead atoms. The van der Waals surface area contributed by atoms with Crippen molar-refractivity contribution in [2.24, 2.45) is 0 Å². The van der Waals surface area contributed by atoms with Gasteiger partial charge in [0.25, 0.3) is 0 Å². The van der Waals surface area contributed by atoms with Gasteiger partial charge in [0.2, 0.25) is 0 Å². The van der Waals surface area contributed by atoms with Crippen molar-refractivity contribution < 1.29 is 9.47 Å². The Kier molecular flexibility index (Phi) is 3.93. The molecule has 6 heteroatoms. The Hall–Kier alpha value is -2.44. The van der Waals surface area contributed by atoms with E-state index in [-0.39, 0.29) is 6.10 Å². The van der Waals surface area contributed by atoms with Crippen molar-refractivity contribution >= 4 is 17.1 Å². The largest absolute Gasteiger partial charge is 0.489 e. The number of ether oxygens (including phenoxy) is 2. The number of hydrogen-bond donors (Lipinski definition) is 0. The second-order valence-electron chi connectivity index (χ2n) is 8.65. The van der Waals surface area contributed by atoms with Crippen LogP contribution in [0.5, 0.6) is 5.75 Å². The lowest BCUT2D eigenvalue weighted by molar-refractivity contribution is 0.261. The van der Waals surface area contributed by atoms with Crippen LogP contribution in [0.2, 0.25) is 0 Å². The molecular formula is C23H28N4O2. The van der Waals surface area contributed by atoms with Gasteiger partial charge in [-0.05, 0) is 37.2 Å². The predicted molar refractivity (Wildman–Crippen MR) is 115 cm³/mol. The van der Waals surface area contributed by atoms with E-state index < -0.39 is 0 Å². The van der Waals surface area contributed by atoms with Crippen LogP contribution in [-0.4, -0.2) is 51.1 Å². The Balaban J connectivity index is 1.49. The van der Waals surface area contributed by atoms with Gasteiger partial charge in [0.05, 0.1) is 25.6 Å². The average molecular weight is 393 g/mol. The molecule has 0 radical (unpaired) electrons. The normalized spacial score (nSPS) is 22.1. The number of rotatable bonds is 4. The van der Waals surface area contributed by atoms with E-state index in [0.717, 1.165) is 51.9 Å². The molecule has 1 saturated heterocycles. The van der Waals surface area contributed by atoms with E-state index in [1.54, 1.807) is 0 Å². The first-order valence-electron chi connectivity index (χ1n) is 10.7. The molecule has 2 aromatic carbocycles. The zero-order valence-corrected chi connectivity index (χ0v) is 17.2. The Morgan fingerprint density at radius 2 is 1.90 bits per heavy atom. The fourth-order valence-corrected chi connectivity index (χ4v) is 5.15. The van der Waals surface area contributed by atoms with Crippen LogP contribution in [0, 0.1) is 0 Å². The second-order valence-corrected chi connectivity index (χ2v) is 8.65. The SMILES string of the molecule is CCN1CN(C)Cc2cc(OCC3CO3)c3c(c21)CN1CN3Cc2ccccc21. The molecule has 1 unspecified atom stereocenters. The highest BCUT2D eigenvalue weighted by Crippen LogP contribution is 2.49. The zero-order chi connectivity index (χ0) is 19.5. The van der Waals surface area contributed by atoms with Gasteiger partial charge in [0.1, 0.15) is 18.5 Å². The molecule has 29 heavy (non-hydrogen) atoms. The van der Waals surface area contributed by atoms with Crippen molar-refractivity contribution in [2.45, 2.75) is 32.7 Å². The summed E-state index contributed by atoms with van der Waals surface area (Å²) in [5, 5.41) is 0. The molecule has 0 aliphatic carbocycles. The minimum Gasteiger partial charge on any atom is -0.489 e. The van der Waals surface area contributed by atoms with E-state index in [1.165, 1.54) is 33.8 Å². The molecule has 1 fully saturated rings. The van der Waals surface area contributed by atoms with Crippen molar-refractivity contribution in [1.82, 2.24) is 4.90 Å². The fraction of sp³-hybridized carbons (Fsp3) is 0.478. The van der Waals surface area contributed by atoms with Gasteiger partial charge < -0.3 is 24.2 Å². The van der Waals surface area contributed by atoms with Gasteiger partial charge >= 0.3 is 0 Å². The van der Waals surface area contributed by atoms with Gasteiger partial charge in [-0.3, -0.25) is 4.90 Å². The molecular weight excluding hydrogens is 364 g/mol. The third-order valence-corrected chi connectivity index (χ3v) is 6.49. The van der Waals surface area contributed by atoms with Gasteiger partial charge in [-0.25, -0.2) is 0 Å². The van der Waals surface area contributed by atoms with Crippen molar-refractivity contribution in [3.63, 3.8) is 0 Å². The maximum Gasteiger partial charge on any atom is 0.143 e. The quantitative estimate of drug-likeness (QED) is 0.745. The first-order valence-corrected chi connectivity index (χ1v) is 10.7. The summed E-state index contributed by atoms with van der Waals surface area (Å²) in [5.74, 6) is 1.03. The van der Waals surface area contributed by atoms with E-state index in [9.17, 15) is 0 Å². The molecule has 4 aliphatic heterocycles. The molecule has 152 valence electrons. The van der Waals surface area contributed by atoms with Crippen LogP contribution in [0.1, 0.15) is 23.6 Å². The maximum atomic E-state index is 6.36. The number of anilines is 3. The second kappa shape index (κ2) is 6.54. The summed E-state index contributed by atoms with van der Waals surface area (Å²) < 4.78 is 11.8. The van der Waals surface area contributed by atoms with E-state index in [1.807, 2.05) is 0 Å². The van der Waals surface area contributed by atoms with Gasteiger partial charge in [0.15, 0.2) is 0 Å². The van der Waals surface area contributed by atoms with E-state index in [0.29, 0.717) is 6.61 Å². The molecule has 4 aliphatic rings. The van der Waals surface area contributed by atoms with Gasteiger partial charge in [-0.2, -0.15) is 0 Å². The predicted octanol–water partition coefficient (Wildman–Crippen LogP) is 2.99. The summed E-state index contributed by atoms with van der Waals surface area (Å²) in [4.78, 5) is 9.91. The van der Waals surface area contributed by atoms with Gasteiger partial charge in [-0.1, -0.05) is 18.2 Å². The van der Waals surface area contributed by atoms with Crippen LogP contribution in [0.3, 0.4) is 0 Å². The van der Waals surface area contributed by atoms with Crippen molar-refractivity contribution in [3.8, 4) is 5.75 Å². The lowest BCUT2D eigenvalue weighted by Crippen LogP contribution is -2.48. The number of benzene rings is 2. The summed E-state index contributed by atoms with van der Waals surface area (Å²) in [5.41, 5.74) is 8.28. The zero-order valence-electron chi connectivity index (χ0n) is 17.2. The first-order chi connectivity index (χ1) is 14.2. The van der Waals surface area contributed by atoms with Crippen LogP contribution < -0.4 is 19.4 Å². The molecule has 1 atom stereocenters. The van der Waals surface area contributed by atoms with Gasteiger partial charge in [0, 0.05) is 43.1 Å². The van der Waals surface area contributed by atoms with E-state index in [2.05, 4.69) is 63.9 Å². The van der Waals surface area contributed by atoms with Gasteiger partial charge in [-0.15, -0.1) is 0 Å². The van der Waals surface area contributed by atoms with Crippen LogP contribution in [-0.2, 0) is 24.4 Å². The third-order valence-electron chi connectivity index (χ3n) is 6.49. The maximum absolute atomic E-state index is 6.36. The summed E-state index contributed by atoms with van der Waals surface area (Å²) in [6.07, 6.45) is 0.263. The fourth-order valence-electron chi connectivity index (χ4n) is 5.15. The van der Waals surface area contributed by atoms with Crippen molar-refractivity contribution in [1.29, 1.82) is 0 Å². The number of epoxide rings is 1. The molecule has 6 rings (SSSR count). The smallest absolute Gasteiger partial charge is 0.143 e. The lowest BCUT2D eigenvalue weighted by Gasteiger charge is -2.48. The monoisotopic (exact) mass is 392 g/mol. The average Bonchev–Trinajstić information content (AvgIpc) is 3.55. The van der Waals surface area contributed by atoms with E-state index >= 15 is 0 Å². The van der Waals surface area contributed by atoms with Crippen molar-refractivity contribution in [3.05, 3.63) is 47.0 Å². The number of hydrogen-bond acceptors (Lipinski definition) is 6. The summed E-state index contributed by atoms with van der Waals surface area (Å²) in [6, 6.07) is 11.1. The first kappa shape index (κ1) is 17.4. The number of nitrogens with zero attached hydrogens (tertiary/aromatic N) is 4. The van der Waals surface area contributed by atoms with Crippen LogP contribution in [0.25, 0.3) is 0 Å². The Morgan fingerprint density at radius 1 is 1.03 bits per heavy atom. The molecule has 0 aromatic heterocycles. The highest BCUT2D eigenvalue weighted by molar-refractivity contribution is 5.81. The Morgan fingerprint density at radius 3 is 2.72 bits per heavy atom. The molecule has 6 nitrogen and oxygen atoms in total. The number of para-hydroxylation sites is 1. The Labute approximate surface area is 172 Å². The minimum atomic E-state index is 0.263. The molecule has 0 N–H and O–H groups in total. The summed E-state index contributed by atoms with van der Waals surface area (Å²) in [7, 11) is 2.20. The molecule has 0 spiro atoms. The third kappa shape index (κ3) is 2.85. The van der Waals surface area contributed by atoms with Crippen LogP contribution >= 0.6 is 0 Å². The summed E-state index contributed by atoms with van der Waals surface area (Å²) in [6.45, 7) is 9.46. The lowest BCUT2D eigenvalue weighted by atomic mass is 9.95. The van der Waals surface area contributed by atoms with Crippen LogP contribution in [0.4, 0.5) is 17.1 Å². The van der Waals surface area contributed by atoms with E-state index in [4.69, 9.17) is 9.47 Å².